The van der Waals surface area contributed by atoms with E-state index in [0.29, 0.717) is 5.95 Å². The lowest BCUT2D eigenvalue weighted by Crippen LogP contribution is -2.44. The van der Waals surface area contributed by atoms with E-state index in [1.165, 1.54) is 16.7 Å². The minimum Gasteiger partial charge on any atom is -0.494 e. The van der Waals surface area contributed by atoms with Crippen molar-refractivity contribution >= 4 is 22.7 Å². The van der Waals surface area contributed by atoms with Gasteiger partial charge in [0.15, 0.2) is 0 Å². The van der Waals surface area contributed by atoms with Crippen LogP contribution in [0.2, 0.25) is 0 Å². The van der Waals surface area contributed by atoms with Crippen molar-refractivity contribution in [2.45, 2.75) is 27.2 Å². The summed E-state index contributed by atoms with van der Waals surface area (Å²) in [5.41, 5.74) is 8.52. The summed E-state index contributed by atoms with van der Waals surface area (Å²) >= 11 is 0. The van der Waals surface area contributed by atoms with Gasteiger partial charge in [0.1, 0.15) is 11.3 Å². The highest BCUT2D eigenvalue weighted by molar-refractivity contribution is 5.86. The minimum atomic E-state index is 0.483. The van der Waals surface area contributed by atoms with E-state index in [2.05, 4.69) is 83.5 Å². The Morgan fingerprint density at radius 2 is 1.59 bits per heavy atom. The number of fused-ring (bicyclic) bond motifs is 1. The fraction of sp³-hybridized carbons (Fsp3) is 0.367. The third-order valence-electron chi connectivity index (χ3n) is 7.11. The van der Waals surface area contributed by atoms with Gasteiger partial charge in [-0.05, 0) is 98.5 Å². The molecular formula is C30H36N6O. The first kappa shape index (κ1) is 25.1. The second-order valence-electron chi connectivity index (χ2n) is 10.1. The zero-order chi connectivity index (χ0) is 25.8. The molecule has 192 valence electrons. The number of hydrogen-bond acceptors (Lipinski definition) is 7. The Bertz CT molecular complexity index is 1340. The second-order valence-corrected chi connectivity index (χ2v) is 10.1. The van der Waals surface area contributed by atoms with Crippen molar-refractivity contribution in [2.75, 3.05) is 51.7 Å². The predicted octanol–water partition coefficient (Wildman–Crippen LogP) is 5.38. The normalized spacial score (nSPS) is 14.7. The van der Waals surface area contributed by atoms with Crippen LogP contribution in [0.15, 0.2) is 54.6 Å². The molecule has 0 unspecified atom stereocenters. The molecule has 0 atom stereocenters. The number of rotatable bonds is 8. The molecule has 0 spiro atoms. The third kappa shape index (κ3) is 6.06. The molecule has 0 saturated carbocycles. The number of aryl methyl sites for hydroxylation is 3. The van der Waals surface area contributed by atoms with Crippen molar-refractivity contribution in [3.05, 3.63) is 71.3 Å². The summed E-state index contributed by atoms with van der Waals surface area (Å²) < 4.78 is 5.95. The summed E-state index contributed by atoms with van der Waals surface area (Å²) in [5.74, 6) is 1.35. The van der Waals surface area contributed by atoms with Crippen LogP contribution < -0.4 is 10.1 Å². The van der Waals surface area contributed by atoms with Crippen molar-refractivity contribution in [3.63, 3.8) is 0 Å². The van der Waals surface area contributed by atoms with E-state index in [-0.39, 0.29) is 0 Å². The zero-order valence-electron chi connectivity index (χ0n) is 22.3. The van der Waals surface area contributed by atoms with Gasteiger partial charge < -0.3 is 19.9 Å². The lowest BCUT2D eigenvalue weighted by atomic mass is 9.94. The van der Waals surface area contributed by atoms with E-state index < -0.39 is 0 Å². The smallest absolute Gasteiger partial charge is 0.247 e. The summed E-state index contributed by atoms with van der Waals surface area (Å²) in [6.07, 6.45) is 1.03. The number of nitrogens with one attached hydrogen (secondary N) is 1. The Labute approximate surface area is 219 Å². The Morgan fingerprint density at radius 1 is 0.865 bits per heavy atom. The van der Waals surface area contributed by atoms with Crippen LogP contribution >= 0.6 is 0 Å². The molecule has 37 heavy (non-hydrogen) atoms. The summed E-state index contributed by atoms with van der Waals surface area (Å²) in [6, 6.07) is 18.6. The van der Waals surface area contributed by atoms with Gasteiger partial charge in [0.2, 0.25) is 5.95 Å². The van der Waals surface area contributed by atoms with E-state index in [9.17, 15) is 0 Å². The van der Waals surface area contributed by atoms with Gasteiger partial charge in [-0.15, -0.1) is 10.2 Å². The topological polar surface area (TPSA) is 66.4 Å². The number of hydrogen-bond donors (Lipinski definition) is 1. The first-order chi connectivity index (χ1) is 18.0. The highest BCUT2D eigenvalue weighted by Gasteiger charge is 2.13. The first-order valence-corrected chi connectivity index (χ1v) is 13.1. The third-order valence-corrected chi connectivity index (χ3v) is 7.11. The standard InChI is InChI=1S/C30H36N6O/c1-21-7-5-8-22(2)28(21)24-19-23(3)29-27(20-24)33-34-30(32-29)31-25-9-11-26(12-10-25)37-18-6-13-36-16-14-35(4)15-17-36/h5,7-12,19-20H,6,13-18H2,1-4H3,(H,31,32,34). The van der Waals surface area contributed by atoms with Crippen molar-refractivity contribution in [3.8, 4) is 16.9 Å². The van der Waals surface area contributed by atoms with Gasteiger partial charge in [-0.3, -0.25) is 0 Å². The Hall–Kier alpha value is -3.55. The van der Waals surface area contributed by atoms with E-state index in [0.717, 1.165) is 79.3 Å². The van der Waals surface area contributed by atoms with Crippen LogP contribution in [0.25, 0.3) is 22.2 Å². The quantitative estimate of drug-likeness (QED) is 0.329. The molecule has 1 aliphatic rings. The molecule has 0 amide bonds. The fourth-order valence-electron chi connectivity index (χ4n) is 4.99. The van der Waals surface area contributed by atoms with E-state index in [1.807, 2.05) is 24.3 Å². The van der Waals surface area contributed by atoms with Crippen LogP contribution in [0.4, 0.5) is 11.6 Å². The first-order valence-electron chi connectivity index (χ1n) is 13.1. The highest BCUT2D eigenvalue weighted by Crippen LogP contribution is 2.31. The molecule has 1 fully saturated rings. The highest BCUT2D eigenvalue weighted by atomic mass is 16.5. The molecule has 0 bridgehead atoms. The van der Waals surface area contributed by atoms with Crippen molar-refractivity contribution in [1.29, 1.82) is 0 Å². The van der Waals surface area contributed by atoms with E-state index >= 15 is 0 Å². The van der Waals surface area contributed by atoms with Gasteiger partial charge in [0.25, 0.3) is 0 Å². The van der Waals surface area contributed by atoms with Crippen LogP contribution in [-0.4, -0.2) is 71.4 Å². The van der Waals surface area contributed by atoms with Crippen LogP contribution in [0, 0.1) is 20.8 Å². The fourth-order valence-corrected chi connectivity index (χ4v) is 4.99. The Balaban J connectivity index is 1.20. The molecule has 2 heterocycles. The Morgan fingerprint density at radius 3 is 2.32 bits per heavy atom. The molecule has 1 N–H and O–H groups in total. The number of aromatic nitrogens is 3. The zero-order valence-corrected chi connectivity index (χ0v) is 22.3. The molecule has 1 saturated heterocycles. The number of anilines is 2. The average molecular weight is 497 g/mol. The SMILES string of the molecule is Cc1cccc(C)c1-c1cc(C)c2nc(Nc3ccc(OCCCN4CCN(C)CC4)cc3)nnc2c1. The van der Waals surface area contributed by atoms with Gasteiger partial charge in [0, 0.05) is 38.4 Å². The van der Waals surface area contributed by atoms with Gasteiger partial charge in [-0.1, -0.05) is 18.2 Å². The second kappa shape index (κ2) is 11.2. The van der Waals surface area contributed by atoms with Crippen LogP contribution in [0.3, 0.4) is 0 Å². The monoisotopic (exact) mass is 496 g/mol. The largest absolute Gasteiger partial charge is 0.494 e. The van der Waals surface area contributed by atoms with Gasteiger partial charge >= 0.3 is 0 Å². The molecule has 1 aliphatic heterocycles. The number of piperazine rings is 1. The molecule has 7 heteroatoms. The maximum absolute atomic E-state index is 5.95. The number of likely N-dealkylation sites (N-methyl/N-ethyl adjacent to an activating group) is 1. The van der Waals surface area contributed by atoms with Crippen LogP contribution in [0.5, 0.6) is 5.75 Å². The van der Waals surface area contributed by atoms with Crippen molar-refractivity contribution in [2.24, 2.45) is 0 Å². The molecule has 7 nitrogen and oxygen atoms in total. The summed E-state index contributed by atoms with van der Waals surface area (Å²) in [6.45, 7) is 12.8. The lowest BCUT2D eigenvalue weighted by molar-refractivity contribution is 0.145. The Kier molecular flexibility index (Phi) is 7.63. The summed E-state index contributed by atoms with van der Waals surface area (Å²) in [4.78, 5) is 9.65. The summed E-state index contributed by atoms with van der Waals surface area (Å²) in [5, 5.41) is 12.1. The van der Waals surface area contributed by atoms with Gasteiger partial charge in [-0.25, -0.2) is 4.98 Å². The predicted molar refractivity (Wildman–Crippen MR) is 151 cm³/mol. The lowest BCUT2D eigenvalue weighted by Gasteiger charge is -2.32. The van der Waals surface area contributed by atoms with Gasteiger partial charge in [-0.2, -0.15) is 0 Å². The molecule has 5 rings (SSSR count). The molecular weight excluding hydrogens is 460 g/mol. The van der Waals surface area contributed by atoms with Crippen molar-refractivity contribution in [1.82, 2.24) is 25.0 Å². The summed E-state index contributed by atoms with van der Waals surface area (Å²) in [7, 11) is 2.19. The van der Waals surface area contributed by atoms with Crippen LogP contribution in [0.1, 0.15) is 23.1 Å². The maximum Gasteiger partial charge on any atom is 0.247 e. The minimum absolute atomic E-state index is 0.483. The molecule has 4 aromatic rings. The molecule has 1 aromatic heterocycles. The van der Waals surface area contributed by atoms with Gasteiger partial charge in [0.05, 0.1) is 12.1 Å². The van der Waals surface area contributed by atoms with Crippen molar-refractivity contribution < 1.29 is 4.74 Å². The number of benzene rings is 3. The average Bonchev–Trinajstić information content (AvgIpc) is 2.89. The molecule has 0 radical (unpaired) electrons. The maximum atomic E-state index is 5.95. The molecule has 0 aliphatic carbocycles. The van der Waals surface area contributed by atoms with E-state index in [1.54, 1.807) is 0 Å². The van der Waals surface area contributed by atoms with Crippen LogP contribution in [-0.2, 0) is 0 Å². The van der Waals surface area contributed by atoms with E-state index in [4.69, 9.17) is 9.72 Å². The molecule has 3 aromatic carbocycles. The number of ether oxygens (including phenoxy) is 1. The number of nitrogens with zero attached hydrogens (tertiary/aromatic N) is 5.